The molecule has 0 aromatic heterocycles. The highest BCUT2D eigenvalue weighted by Crippen LogP contribution is 2.81. The van der Waals surface area contributed by atoms with E-state index in [-0.39, 0.29) is 0 Å². The minimum absolute atomic E-state index is 2.95. The molecule has 0 fully saturated rings. The van der Waals surface area contributed by atoms with Crippen LogP contribution in [-0.4, -0.2) is 112 Å². The predicted octanol–water partition coefficient (Wildman–Crippen LogP) is 28.1. The normalized spacial score (nSPS) is 17.8. The summed E-state index contributed by atoms with van der Waals surface area (Å²) in [5.41, 5.74) is 0. The van der Waals surface area contributed by atoms with Crippen molar-refractivity contribution in [3.63, 3.8) is 0 Å². The molecule has 1 atom stereocenters. The molecule has 0 amide bonds. The molecule has 0 aromatic rings. The third-order valence-corrected chi connectivity index (χ3v) is 45.3. The summed E-state index contributed by atoms with van der Waals surface area (Å²) in [7, 11) is 0. The SMILES string of the molecule is O=S([O-])OC(Cl)(Cl)C(Cl)(Cl)C(Cl)(Cl)C(Cl)(Cl)C(Cl)(Cl)C(Cl)(Cl)C(Cl)(Cl)C(Cl)(Cl)C(Cl)(Cl)C(Cl)(Cl)C(Cl)(Cl)C(Cl)(Cl)C(Cl)(Cl)C(Cl)(Cl)C(Cl)(Cl)C(Cl)(Cl)C(Cl)(Cl)C(Cl)(Cl)C(Cl)(Cl)C(Cl)(Cl)C(Cl)(Cl)C(Cl)(Cl)C(Cl)(Cl)C(Cl)(Cl)Cl. The van der Waals surface area contributed by atoms with Gasteiger partial charge in [0, 0.05) is 0 Å². The zero-order valence-electron chi connectivity index (χ0n) is 32.2. The quantitative estimate of drug-likeness (QED) is 0.0715. The molecule has 0 aliphatic heterocycles. The predicted molar refractivity (Wildman–Crippen MR) is 362 cm³/mol. The second-order valence-corrected chi connectivity index (χ2v) is 47.3. The molecule has 0 bridgehead atoms. The van der Waals surface area contributed by atoms with Crippen LogP contribution in [0.2, 0.25) is 0 Å². The molecule has 0 heterocycles. The van der Waals surface area contributed by atoms with Crippen LogP contribution in [0.15, 0.2) is 0 Å². The van der Waals surface area contributed by atoms with Gasteiger partial charge in [0.25, 0.3) is 4.52 Å². The molecule has 0 aliphatic carbocycles. The number of hydrogen-bond donors (Lipinski definition) is 0. The summed E-state index contributed by atoms with van der Waals surface area (Å²) in [5.74, 6) is 0. The van der Waals surface area contributed by atoms with Crippen LogP contribution in [0.1, 0.15) is 0 Å². The lowest BCUT2D eigenvalue weighted by atomic mass is 9.95. The van der Waals surface area contributed by atoms with E-state index >= 15 is 0 Å². The average molecular weight is 2110 g/mol. The zero-order chi connectivity index (χ0) is 64.3. The maximum Gasteiger partial charge on any atom is 0.267 e. The minimum atomic E-state index is -3.96. The Labute approximate surface area is 684 Å². The summed E-state index contributed by atoms with van der Waals surface area (Å²) >= 11 is 313. The summed E-state index contributed by atoms with van der Waals surface area (Å²) in [6.07, 6.45) is 0. The van der Waals surface area contributed by atoms with Crippen LogP contribution in [0.4, 0.5) is 0 Å². The van der Waals surface area contributed by atoms with Crippen molar-refractivity contribution < 1.29 is 12.9 Å². The third kappa shape index (κ3) is 13.7. The molecule has 77 heavy (non-hydrogen) atoms. The molecule has 0 aliphatic rings. The lowest BCUT2D eigenvalue weighted by Crippen LogP contribution is -2.77. The smallest absolute Gasteiger partial charge is 0.267 e. The molecule has 464 valence electrons. The lowest BCUT2D eigenvalue weighted by molar-refractivity contribution is 0.205. The number of halogens is 49. The van der Waals surface area contributed by atoms with Gasteiger partial charge in [0.15, 0.2) is 86.7 Å². The van der Waals surface area contributed by atoms with Gasteiger partial charge in [0.1, 0.15) is 0 Å². The van der Waals surface area contributed by atoms with Crippen molar-refractivity contribution in [2.24, 2.45) is 0 Å². The molecule has 3 nitrogen and oxygen atoms in total. The molecule has 0 aromatic carbocycles. The molecule has 0 N–H and O–H groups in total. The first-order chi connectivity index (χ1) is 32.2. The van der Waals surface area contributed by atoms with E-state index in [0.717, 1.165) is 0 Å². The fraction of sp³-hybridized carbons (Fsp3) is 1.00. The van der Waals surface area contributed by atoms with Gasteiger partial charge in [-0.15, -0.1) is 0 Å². The highest BCUT2D eigenvalue weighted by molar-refractivity contribution is 7.74. The molecule has 0 spiro atoms. The summed E-state index contributed by atoms with van der Waals surface area (Å²) < 4.78 is -62.7. The first-order valence-corrected chi connectivity index (χ1v) is 35.2. The van der Waals surface area contributed by atoms with Crippen molar-refractivity contribution in [3.05, 3.63) is 0 Å². The van der Waals surface area contributed by atoms with Gasteiger partial charge in [-0.1, -0.05) is 568 Å². The molecule has 0 rings (SSSR count). The Morgan fingerprint density at radius 1 is 0.182 bits per heavy atom. The maximum absolute atomic E-state index is 11.3. The van der Waals surface area contributed by atoms with Gasteiger partial charge >= 0.3 is 0 Å². The number of alkyl halides is 49. The van der Waals surface area contributed by atoms with Crippen molar-refractivity contribution in [1.29, 1.82) is 0 Å². The average Bonchev–Trinajstić information content (AvgIpc) is 3.17. The summed E-state index contributed by atoms with van der Waals surface area (Å²) in [5, 5.41) is 0. The van der Waals surface area contributed by atoms with E-state index in [1.54, 1.807) is 0 Å². The highest BCUT2D eigenvalue weighted by Gasteiger charge is 2.90. The lowest BCUT2D eigenvalue weighted by Gasteiger charge is -2.59. The van der Waals surface area contributed by atoms with Crippen molar-refractivity contribution >= 4 is 580 Å². The molecule has 0 saturated carbocycles. The van der Waals surface area contributed by atoms with E-state index in [2.05, 4.69) is 4.18 Å². The van der Waals surface area contributed by atoms with E-state index in [1.165, 1.54) is 0 Å². The first-order valence-electron chi connectivity index (χ1n) is 15.7. The largest absolute Gasteiger partial charge is 0.750 e. The van der Waals surface area contributed by atoms with Gasteiger partial charge in [0.2, 0.25) is 12.5 Å². The Kier molecular flexibility index (Phi) is 32.4. The van der Waals surface area contributed by atoms with Gasteiger partial charge in [-0.2, -0.15) is 0 Å². The Morgan fingerprint density at radius 3 is 0.364 bits per heavy atom. The number of rotatable bonds is 24. The van der Waals surface area contributed by atoms with E-state index < -0.39 is 115 Å². The van der Waals surface area contributed by atoms with Gasteiger partial charge in [-0.3, -0.25) is 4.18 Å². The molecular weight excluding hydrogens is 2110 g/mol. The van der Waals surface area contributed by atoms with Crippen LogP contribution in [0.3, 0.4) is 0 Å². The minimum Gasteiger partial charge on any atom is -0.750 e. The topological polar surface area (TPSA) is 49.4 Å². The van der Waals surface area contributed by atoms with Gasteiger partial charge in [-0.05, 0) is 0 Å². The second kappa shape index (κ2) is 27.3. The van der Waals surface area contributed by atoms with E-state index in [0.29, 0.717) is 0 Å². The second-order valence-electron chi connectivity index (χ2n) is 13.9. The van der Waals surface area contributed by atoms with Gasteiger partial charge < -0.3 is 4.55 Å². The van der Waals surface area contributed by atoms with E-state index in [9.17, 15) is 8.76 Å². The van der Waals surface area contributed by atoms with Crippen LogP contribution in [0.25, 0.3) is 0 Å². The molecular formula is C24Cl49O3S-. The number of hydrogen-bond acceptors (Lipinski definition) is 3. The van der Waals surface area contributed by atoms with Gasteiger partial charge in [0.05, 0.1) is 11.4 Å². The maximum atomic E-state index is 11.3. The van der Waals surface area contributed by atoms with Crippen LogP contribution in [0, 0.1) is 0 Å². The van der Waals surface area contributed by atoms with Crippen LogP contribution in [-0.2, 0) is 15.5 Å². The summed E-state index contributed by atoms with van der Waals surface area (Å²) in [6, 6.07) is 0. The van der Waals surface area contributed by atoms with Crippen molar-refractivity contribution in [2.75, 3.05) is 0 Å². The van der Waals surface area contributed by atoms with Crippen LogP contribution >= 0.6 is 568 Å². The van der Waals surface area contributed by atoms with Crippen molar-refractivity contribution in [3.8, 4) is 0 Å². The van der Waals surface area contributed by atoms with Crippen molar-refractivity contribution in [2.45, 2.75) is 104 Å². The first kappa shape index (κ1) is 91.3. The van der Waals surface area contributed by atoms with E-state index in [4.69, 9.17) is 568 Å². The van der Waals surface area contributed by atoms with Crippen molar-refractivity contribution in [1.82, 2.24) is 0 Å². The summed E-state index contributed by atoms with van der Waals surface area (Å²) in [4.78, 5) is 0. The molecule has 1 unspecified atom stereocenters. The molecule has 53 heteroatoms. The standard InChI is InChI=1S/C24HCl49O3S/c25-1(26,3(29,30)5(33,34)7(37,38)9(41,42)11(45,46)13(49,50)15(53,54)17(57,58)19(61,62)21(65,66)23(69,70)71)2(27,28)4(31,32)6(35,36)8(39,40)10(43,44)12(47,48)14(51,52)16(55,56)18(59,60)20(63,64)22(67,68)24(72,73)76-77(74)75/h(H,74,75)/p-1. The van der Waals surface area contributed by atoms with Crippen LogP contribution < -0.4 is 0 Å². The van der Waals surface area contributed by atoms with Crippen LogP contribution in [0.5, 0.6) is 0 Å². The fourth-order valence-electron chi connectivity index (χ4n) is 4.44. The Hall–Kier alpha value is 14.3. The molecule has 0 saturated heterocycles. The Bertz CT molecular complexity index is 2170. The van der Waals surface area contributed by atoms with Gasteiger partial charge in [-0.25, -0.2) is 4.21 Å². The monoisotopic (exact) mass is 2080 g/mol. The third-order valence-electron chi connectivity index (χ3n) is 9.18. The zero-order valence-corrected chi connectivity index (χ0v) is 70.0. The van der Waals surface area contributed by atoms with E-state index in [1.807, 2.05) is 0 Å². The summed E-state index contributed by atoms with van der Waals surface area (Å²) in [6.45, 7) is 0. The molecule has 0 radical (unpaired) electrons. The Balaban J connectivity index is 8.19. The Morgan fingerprint density at radius 2 is 0.273 bits per heavy atom. The fourth-order valence-corrected chi connectivity index (χ4v) is 22.2. The highest BCUT2D eigenvalue weighted by atomic mass is 35.6.